The van der Waals surface area contributed by atoms with Crippen molar-refractivity contribution in [1.82, 2.24) is 9.80 Å². The van der Waals surface area contributed by atoms with Crippen LogP contribution in [0.1, 0.15) is 32.1 Å². The third kappa shape index (κ3) is 2.47. The van der Waals surface area contributed by atoms with Crippen molar-refractivity contribution in [3.8, 4) is 0 Å². The van der Waals surface area contributed by atoms with Crippen LogP contribution in [0.2, 0.25) is 0 Å². The average molecular weight is 238 g/mol. The molecule has 96 valence electrons. The molecule has 0 spiro atoms. The van der Waals surface area contributed by atoms with Crippen LogP contribution in [0.3, 0.4) is 0 Å². The summed E-state index contributed by atoms with van der Waals surface area (Å²) in [6, 6.07) is 1.62. The maximum atomic E-state index is 10.8. The number of piperidine rings is 2. The van der Waals surface area contributed by atoms with Gasteiger partial charge >= 0.3 is 5.97 Å². The molecule has 2 unspecified atom stereocenters. The second-order valence-electron chi connectivity index (χ2n) is 5.86. The lowest BCUT2D eigenvalue weighted by molar-refractivity contribution is -0.139. The number of nitrogens with zero attached hydrogens (tertiary/aromatic N) is 2. The van der Waals surface area contributed by atoms with Gasteiger partial charge in [-0.05, 0) is 44.6 Å². The number of carbonyl (C=O) groups is 1. The number of fused-ring (bicyclic) bond motifs is 1. The second kappa shape index (κ2) is 4.58. The highest BCUT2D eigenvalue weighted by Crippen LogP contribution is 2.38. The number of aliphatic carboxylic acids is 1. The molecule has 1 N–H and O–H groups in total. The van der Waals surface area contributed by atoms with Gasteiger partial charge in [-0.25, -0.2) is 0 Å². The highest BCUT2D eigenvalue weighted by Gasteiger charge is 2.41. The van der Waals surface area contributed by atoms with Crippen molar-refractivity contribution in [2.45, 2.75) is 44.2 Å². The van der Waals surface area contributed by atoms with Gasteiger partial charge in [-0.2, -0.15) is 0 Å². The van der Waals surface area contributed by atoms with Crippen LogP contribution in [-0.4, -0.2) is 59.1 Å². The fourth-order valence-corrected chi connectivity index (χ4v) is 3.71. The molecule has 2 aliphatic heterocycles. The summed E-state index contributed by atoms with van der Waals surface area (Å²) in [4.78, 5) is 15.6. The van der Waals surface area contributed by atoms with E-state index in [0.717, 1.165) is 31.1 Å². The lowest BCUT2D eigenvalue weighted by atomic mass is 9.83. The molecule has 0 aromatic carbocycles. The molecule has 0 radical (unpaired) electrons. The molecule has 2 atom stereocenters. The molecular weight excluding hydrogens is 216 g/mol. The molecule has 4 nitrogen and oxygen atoms in total. The normalized spacial score (nSPS) is 35.5. The fraction of sp³-hybridized carbons (Fsp3) is 0.923. The van der Waals surface area contributed by atoms with Gasteiger partial charge in [0.15, 0.2) is 0 Å². The largest absolute Gasteiger partial charge is 0.480 e. The molecule has 0 aromatic heterocycles. The van der Waals surface area contributed by atoms with Crippen LogP contribution in [0.5, 0.6) is 0 Å². The van der Waals surface area contributed by atoms with Gasteiger partial charge in [0.2, 0.25) is 0 Å². The van der Waals surface area contributed by atoms with Crippen LogP contribution in [0, 0.1) is 5.92 Å². The lowest BCUT2D eigenvalue weighted by Gasteiger charge is -2.47. The number of hydrogen-bond donors (Lipinski definition) is 1. The first-order valence-electron chi connectivity index (χ1n) is 6.94. The molecule has 1 aliphatic carbocycles. The quantitative estimate of drug-likeness (QED) is 0.797. The van der Waals surface area contributed by atoms with E-state index in [1.807, 2.05) is 0 Å². The number of hydrogen-bond acceptors (Lipinski definition) is 3. The topological polar surface area (TPSA) is 43.8 Å². The molecule has 0 bridgehead atoms. The molecule has 17 heavy (non-hydrogen) atoms. The van der Waals surface area contributed by atoms with Crippen molar-refractivity contribution in [3.63, 3.8) is 0 Å². The zero-order valence-corrected chi connectivity index (χ0v) is 10.3. The second-order valence-corrected chi connectivity index (χ2v) is 5.86. The van der Waals surface area contributed by atoms with Gasteiger partial charge in [0.25, 0.3) is 0 Å². The smallest absolute Gasteiger partial charge is 0.317 e. The summed E-state index contributed by atoms with van der Waals surface area (Å²) in [5, 5.41) is 8.86. The Labute approximate surface area is 103 Å². The molecule has 1 saturated carbocycles. The maximum absolute atomic E-state index is 10.8. The van der Waals surface area contributed by atoms with Crippen molar-refractivity contribution in [3.05, 3.63) is 0 Å². The van der Waals surface area contributed by atoms with Gasteiger partial charge in [0.05, 0.1) is 6.54 Å². The predicted molar refractivity (Wildman–Crippen MR) is 64.9 cm³/mol. The lowest BCUT2D eigenvalue weighted by Crippen LogP contribution is -2.55. The zero-order chi connectivity index (χ0) is 11.8. The first-order valence-corrected chi connectivity index (χ1v) is 6.94. The maximum Gasteiger partial charge on any atom is 0.317 e. The molecule has 0 aromatic rings. The van der Waals surface area contributed by atoms with E-state index in [4.69, 9.17) is 5.11 Å². The van der Waals surface area contributed by atoms with Crippen LogP contribution in [0.4, 0.5) is 0 Å². The SMILES string of the molecule is O=C(O)CN1CCC2C(CCCN2C2CC2)C1. The van der Waals surface area contributed by atoms with Gasteiger partial charge in [-0.3, -0.25) is 14.6 Å². The van der Waals surface area contributed by atoms with E-state index in [-0.39, 0.29) is 6.54 Å². The van der Waals surface area contributed by atoms with Crippen molar-refractivity contribution in [2.75, 3.05) is 26.2 Å². The van der Waals surface area contributed by atoms with Crippen LogP contribution in [-0.2, 0) is 4.79 Å². The summed E-state index contributed by atoms with van der Waals surface area (Å²) in [7, 11) is 0. The Morgan fingerprint density at radius 3 is 2.71 bits per heavy atom. The monoisotopic (exact) mass is 238 g/mol. The zero-order valence-electron chi connectivity index (χ0n) is 10.3. The van der Waals surface area contributed by atoms with Crippen LogP contribution in [0.25, 0.3) is 0 Å². The molecule has 3 aliphatic rings. The summed E-state index contributed by atoms with van der Waals surface area (Å²) >= 11 is 0. The van der Waals surface area contributed by atoms with Gasteiger partial charge in [-0.15, -0.1) is 0 Å². The highest BCUT2D eigenvalue weighted by atomic mass is 16.4. The standard InChI is InChI=1S/C13H22N2O2/c16-13(17)9-14-7-5-12-10(8-14)2-1-6-15(12)11-3-4-11/h10-12H,1-9H2,(H,16,17). The number of carboxylic acid groups (broad SMARTS) is 1. The number of likely N-dealkylation sites (tertiary alicyclic amines) is 2. The third-order valence-corrected chi connectivity index (χ3v) is 4.57. The molecule has 0 amide bonds. The first-order chi connectivity index (χ1) is 8.24. The van der Waals surface area contributed by atoms with Crippen LogP contribution < -0.4 is 0 Å². The van der Waals surface area contributed by atoms with Crippen LogP contribution >= 0.6 is 0 Å². The third-order valence-electron chi connectivity index (χ3n) is 4.57. The average Bonchev–Trinajstić information content (AvgIpc) is 3.11. The molecule has 3 fully saturated rings. The van der Waals surface area contributed by atoms with E-state index in [1.54, 1.807) is 0 Å². The number of carboxylic acids is 1. The number of rotatable bonds is 3. The molecular formula is C13H22N2O2. The summed E-state index contributed by atoms with van der Waals surface area (Å²) < 4.78 is 0. The summed E-state index contributed by atoms with van der Waals surface area (Å²) in [5.41, 5.74) is 0. The molecule has 3 rings (SSSR count). The van der Waals surface area contributed by atoms with Crippen LogP contribution in [0.15, 0.2) is 0 Å². The Hall–Kier alpha value is -0.610. The van der Waals surface area contributed by atoms with Crippen molar-refractivity contribution >= 4 is 5.97 Å². The van der Waals surface area contributed by atoms with Gasteiger partial charge < -0.3 is 5.11 Å². The van der Waals surface area contributed by atoms with Crippen molar-refractivity contribution < 1.29 is 9.90 Å². The van der Waals surface area contributed by atoms with E-state index < -0.39 is 5.97 Å². The fourth-order valence-electron chi connectivity index (χ4n) is 3.71. The van der Waals surface area contributed by atoms with E-state index >= 15 is 0 Å². The van der Waals surface area contributed by atoms with Gasteiger partial charge in [0.1, 0.15) is 0 Å². The Morgan fingerprint density at radius 2 is 2.00 bits per heavy atom. The summed E-state index contributed by atoms with van der Waals surface area (Å²) in [5.74, 6) is 0.0377. The van der Waals surface area contributed by atoms with E-state index in [2.05, 4.69) is 9.80 Å². The highest BCUT2D eigenvalue weighted by molar-refractivity contribution is 5.69. The summed E-state index contributed by atoms with van der Waals surface area (Å²) in [6.07, 6.45) is 6.56. The molecule has 2 heterocycles. The first kappa shape index (κ1) is 11.5. The van der Waals surface area contributed by atoms with Crippen molar-refractivity contribution in [2.24, 2.45) is 5.92 Å². The Kier molecular flexibility index (Phi) is 3.09. The van der Waals surface area contributed by atoms with E-state index in [1.165, 1.54) is 38.6 Å². The minimum Gasteiger partial charge on any atom is -0.480 e. The Bertz CT molecular complexity index is 304. The molecule has 2 saturated heterocycles. The minimum atomic E-state index is -0.682. The Balaban J connectivity index is 1.61. The predicted octanol–water partition coefficient (Wildman–Crippen LogP) is 1.02. The minimum absolute atomic E-state index is 0.229. The van der Waals surface area contributed by atoms with Gasteiger partial charge in [-0.1, -0.05) is 0 Å². The summed E-state index contributed by atoms with van der Waals surface area (Å²) in [6.45, 7) is 3.48. The Morgan fingerprint density at radius 1 is 1.18 bits per heavy atom. The van der Waals surface area contributed by atoms with Gasteiger partial charge in [0, 0.05) is 25.2 Å². The molecule has 4 heteroatoms. The van der Waals surface area contributed by atoms with E-state index in [0.29, 0.717) is 0 Å². The van der Waals surface area contributed by atoms with Crippen molar-refractivity contribution in [1.29, 1.82) is 0 Å². The van der Waals surface area contributed by atoms with E-state index in [9.17, 15) is 4.79 Å².